The minimum Gasteiger partial charge on any atom is -0.492 e. The maximum atomic E-state index is 13.3. The van der Waals surface area contributed by atoms with Crippen molar-refractivity contribution in [3.63, 3.8) is 0 Å². The van der Waals surface area contributed by atoms with E-state index in [0.29, 0.717) is 59.8 Å². The predicted octanol–water partition coefficient (Wildman–Crippen LogP) is 4.15. The number of aromatic nitrogens is 2. The first-order chi connectivity index (χ1) is 15.5. The van der Waals surface area contributed by atoms with Crippen molar-refractivity contribution in [2.45, 2.75) is 18.8 Å². The number of benzene rings is 1. The Morgan fingerprint density at radius 1 is 1.16 bits per heavy atom. The molecule has 1 saturated heterocycles. The minimum absolute atomic E-state index is 0.111. The number of halogens is 2. The average molecular weight is 440 g/mol. The molecule has 1 aromatic carbocycles. The number of piperidine rings is 1. The molecule has 1 N–H and O–H groups in total. The van der Waals surface area contributed by atoms with Crippen LogP contribution in [0.4, 0.5) is 8.78 Å². The molecule has 1 aliphatic heterocycles. The molecule has 0 radical (unpaired) electrons. The maximum absolute atomic E-state index is 13.3. The van der Waals surface area contributed by atoms with Crippen LogP contribution < -0.4 is 10.1 Å². The van der Waals surface area contributed by atoms with Crippen LogP contribution in [-0.2, 0) is 0 Å². The highest BCUT2D eigenvalue weighted by Crippen LogP contribution is 2.28. The number of hydrogen-bond acceptors (Lipinski definition) is 6. The van der Waals surface area contributed by atoms with Crippen molar-refractivity contribution in [2.75, 3.05) is 26.2 Å². The van der Waals surface area contributed by atoms with Gasteiger partial charge in [0.05, 0.1) is 11.7 Å². The van der Waals surface area contributed by atoms with Gasteiger partial charge >= 0.3 is 0 Å². The van der Waals surface area contributed by atoms with Crippen molar-refractivity contribution in [3.05, 3.63) is 60.3 Å². The van der Waals surface area contributed by atoms with Crippen molar-refractivity contribution in [3.8, 4) is 17.2 Å². The Balaban J connectivity index is 1.34. The van der Waals surface area contributed by atoms with E-state index >= 15 is 0 Å². The third kappa shape index (κ3) is 4.16. The molecular formula is C23H22F2N4O3. The molecule has 1 aliphatic rings. The topological polar surface area (TPSA) is 75.5 Å². The first-order valence-electron chi connectivity index (χ1n) is 10.4. The van der Waals surface area contributed by atoms with E-state index in [1.807, 2.05) is 33.7 Å². The molecule has 0 amide bonds. The fourth-order valence-corrected chi connectivity index (χ4v) is 3.91. The zero-order valence-corrected chi connectivity index (χ0v) is 17.2. The van der Waals surface area contributed by atoms with Crippen LogP contribution in [-0.4, -0.2) is 51.7 Å². The Morgan fingerprint density at radius 3 is 2.81 bits per heavy atom. The van der Waals surface area contributed by atoms with E-state index in [1.54, 1.807) is 30.6 Å². The first-order valence-corrected chi connectivity index (χ1v) is 10.4. The smallest absolute Gasteiger partial charge is 0.250 e. The first kappa shape index (κ1) is 20.4. The quantitative estimate of drug-likeness (QED) is 0.373. The van der Waals surface area contributed by atoms with Crippen LogP contribution in [0.25, 0.3) is 27.9 Å². The van der Waals surface area contributed by atoms with Gasteiger partial charge in [0.15, 0.2) is 5.76 Å². The molecule has 7 nitrogen and oxygen atoms in total. The van der Waals surface area contributed by atoms with E-state index in [-0.39, 0.29) is 12.8 Å². The van der Waals surface area contributed by atoms with Crippen molar-refractivity contribution in [1.29, 1.82) is 0 Å². The summed E-state index contributed by atoms with van der Waals surface area (Å²) in [7, 11) is 0. The summed E-state index contributed by atoms with van der Waals surface area (Å²) >= 11 is 0. The zero-order chi connectivity index (χ0) is 22.1. The molecule has 3 aromatic heterocycles. The number of likely N-dealkylation sites (tertiary alicyclic amines) is 1. The van der Waals surface area contributed by atoms with Crippen molar-refractivity contribution < 1.29 is 23.1 Å². The molecule has 166 valence electrons. The molecule has 4 aromatic rings. The Kier molecular flexibility index (Phi) is 5.26. The van der Waals surface area contributed by atoms with Crippen molar-refractivity contribution >= 4 is 16.5 Å². The number of nitrogens with zero attached hydrogens (tertiary/aromatic N) is 4. The average Bonchev–Trinajstić information content (AvgIpc) is 3.27. The fraction of sp³-hybridized carbons (Fsp3) is 0.304. The second-order valence-corrected chi connectivity index (χ2v) is 7.91. The van der Waals surface area contributed by atoms with Gasteiger partial charge in [0.25, 0.3) is 5.92 Å². The second-order valence-electron chi connectivity index (χ2n) is 7.91. The lowest BCUT2D eigenvalue weighted by atomic mass is 10.1. The Bertz CT molecular complexity index is 1320. The molecule has 4 heterocycles. The van der Waals surface area contributed by atoms with Gasteiger partial charge < -0.3 is 18.8 Å². The van der Waals surface area contributed by atoms with Crippen LogP contribution in [0.3, 0.4) is 0 Å². The second kappa shape index (κ2) is 8.23. The molecule has 9 heteroatoms. The summed E-state index contributed by atoms with van der Waals surface area (Å²) in [6.07, 6.45) is 3.38. The van der Waals surface area contributed by atoms with E-state index in [0.717, 1.165) is 5.52 Å². The normalized spacial score (nSPS) is 17.2. The van der Waals surface area contributed by atoms with Crippen molar-refractivity contribution in [1.82, 2.24) is 14.3 Å². The fourth-order valence-electron chi connectivity index (χ4n) is 3.91. The molecule has 0 unspecified atom stereocenters. The van der Waals surface area contributed by atoms with E-state index in [9.17, 15) is 14.0 Å². The van der Waals surface area contributed by atoms with Crippen LogP contribution in [0.1, 0.15) is 12.8 Å². The van der Waals surface area contributed by atoms with E-state index in [1.165, 1.54) is 0 Å². The zero-order valence-electron chi connectivity index (χ0n) is 17.2. The van der Waals surface area contributed by atoms with Gasteiger partial charge in [-0.25, -0.2) is 13.8 Å². The van der Waals surface area contributed by atoms with Gasteiger partial charge in [0.2, 0.25) is 0 Å². The number of ether oxygens (including phenoxy) is 1. The Hall–Kier alpha value is -3.46. The highest BCUT2D eigenvalue weighted by Gasteiger charge is 2.33. The number of hydrogen-bond donors (Lipinski definition) is 1. The summed E-state index contributed by atoms with van der Waals surface area (Å²) in [5.41, 5.74) is 2.11. The lowest BCUT2D eigenvalue weighted by molar-refractivity contribution is -0.0564. The number of rotatable bonds is 5. The standard InChI is InChI=1S/C23H22F2N4O3/c24-23(25)5-8-28(9-6-23)10-11-31-17-3-4-21-18(13-17)19(27-30)14-22(32-21)20-12-16-2-1-7-29(16)15-26-20/h1-4,7,12-15,30H,5-6,8-11H2. The van der Waals surface area contributed by atoms with Crippen LogP contribution in [0, 0.1) is 0 Å². The third-order valence-electron chi connectivity index (χ3n) is 5.76. The highest BCUT2D eigenvalue weighted by molar-refractivity contribution is 5.80. The molecule has 32 heavy (non-hydrogen) atoms. The summed E-state index contributed by atoms with van der Waals surface area (Å²) in [6.45, 7) is 1.68. The summed E-state index contributed by atoms with van der Waals surface area (Å²) < 4.78 is 40.3. The van der Waals surface area contributed by atoms with Gasteiger partial charge in [0.1, 0.15) is 29.0 Å². The number of alkyl halides is 2. The Morgan fingerprint density at radius 2 is 2.00 bits per heavy atom. The van der Waals surface area contributed by atoms with Crippen LogP contribution >= 0.6 is 0 Å². The van der Waals surface area contributed by atoms with Crippen LogP contribution in [0.15, 0.2) is 64.6 Å². The van der Waals surface area contributed by atoms with Gasteiger partial charge in [-0.1, -0.05) is 5.16 Å². The summed E-state index contributed by atoms with van der Waals surface area (Å²) in [4.78, 5) is 6.39. The molecule has 0 aliphatic carbocycles. The van der Waals surface area contributed by atoms with Gasteiger partial charge in [0, 0.05) is 50.3 Å². The SMILES string of the molecule is ON=c1cc(-c2cc3cccn3cn2)oc2ccc(OCCN3CCC(F)(F)CC3)cc12. The number of fused-ring (bicyclic) bond motifs is 2. The van der Waals surface area contributed by atoms with E-state index in [4.69, 9.17) is 9.15 Å². The van der Waals surface area contributed by atoms with Gasteiger partial charge in [-0.3, -0.25) is 4.90 Å². The molecule has 5 rings (SSSR count). The largest absolute Gasteiger partial charge is 0.492 e. The van der Waals surface area contributed by atoms with E-state index < -0.39 is 5.92 Å². The van der Waals surface area contributed by atoms with Crippen molar-refractivity contribution in [2.24, 2.45) is 5.16 Å². The van der Waals surface area contributed by atoms with Gasteiger partial charge in [-0.2, -0.15) is 0 Å². The van der Waals surface area contributed by atoms with Crippen LogP contribution in [0.2, 0.25) is 0 Å². The Labute approximate surface area is 182 Å². The van der Waals surface area contributed by atoms with Gasteiger partial charge in [-0.05, 0) is 36.4 Å². The molecule has 0 saturated carbocycles. The predicted molar refractivity (Wildman–Crippen MR) is 114 cm³/mol. The summed E-state index contributed by atoms with van der Waals surface area (Å²) in [6, 6.07) is 12.7. The maximum Gasteiger partial charge on any atom is 0.250 e. The molecule has 0 atom stereocenters. The minimum atomic E-state index is -2.55. The molecule has 0 bridgehead atoms. The molecule has 1 fully saturated rings. The highest BCUT2D eigenvalue weighted by atomic mass is 19.3. The third-order valence-corrected chi connectivity index (χ3v) is 5.76. The summed E-state index contributed by atoms with van der Waals surface area (Å²) in [5, 5.41) is 13.9. The summed E-state index contributed by atoms with van der Waals surface area (Å²) in [5.74, 6) is -1.49. The monoisotopic (exact) mass is 440 g/mol. The molecular weight excluding hydrogens is 418 g/mol. The lowest BCUT2D eigenvalue weighted by Gasteiger charge is -2.31. The lowest BCUT2D eigenvalue weighted by Crippen LogP contribution is -2.41. The molecule has 0 spiro atoms. The van der Waals surface area contributed by atoms with Gasteiger partial charge in [-0.15, -0.1) is 0 Å². The van der Waals surface area contributed by atoms with Crippen LogP contribution in [0.5, 0.6) is 5.75 Å². The van der Waals surface area contributed by atoms with E-state index in [2.05, 4.69) is 10.1 Å².